The minimum atomic E-state index is -2.76. The normalized spacial score (nSPS) is 31.5. The molecular formula is C15H23F2IN2. The fraction of sp³-hybridized carbons (Fsp3) is 0.733. The zero-order chi connectivity index (χ0) is 14.8. The van der Waals surface area contributed by atoms with Gasteiger partial charge in [-0.2, -0.15) is 8.78 Å². The van der Waals surface area contributed by atoms with Crippen molar-refractivity contribution in [2.45, 2.75) is 55.9 Å². The predicted octanol–water partition coefficient (Wildman–Crippen LogP) is 4.47. The second-order valence-electron chi connectivity index (χ2n) is 5.96. The summed E-state index contributed by atoms with van der Waals surface area (Å²) in [5, 5.41) is 3.40. The number of alkyl halides is 3. The molecule has 0 amide bonds. The predicted molar refractivity (Wildman–Crippen MR) is 89.9 cm³/mol. The van der Waals surface area contributed by atoms with Gasteiger partial charge in [0.05, 0.1) is 5.71 Å². The van der Waals surface area contributed by atoms with Crippen molar-refractivity contribution >= 4 is 31.0 Å². The van der Waals surface area contributed by atoms with Crippen LogP contribution in [0.25, 0.3) is 0 Å². The fourth-order valence-corrected chi connectivity index (χ4v) is 3.72. The summed E-state index contributed by atoms with van der Waals surface area (Å²) in [5.74, 6) is 1.92. The van der Waals surface area contributed by atoms with E-state index in [0.717, 1.165) is 6.42 Å². The Morgan fingerprint density at radius 3 is 2.85 bits per heavy atom. The van der Waals surface area contributed by atoms with Crippen LogP contribution in [0.15, 0.2) is 16.9 Å². The Balaban J connectivity index is 2.06. The van der Waals surface area contributed by atoms with Crippen molar-refractivity contribution in [2.24, 2.45) is 16.8 Å². The summed E-state index contributed by atoms with van der Waals surface area (Å²) in [5.41, 5.74) is 0.0295. The second kappa shape index (κ2) is 6.62. The Bertz CT molecular complexity index is 432. The Kier molecular flexibility index (Phi) is 5.31. The van der Waals surface area contributed by atoms with Crippen LogP contribution in [0.3, 0.4) is 0 Å². The molecule has 0 aromatic carbocycles. The lowest BCUT2D eigenvalue weighted by atomic mass is 9.80. The third-order valence-corrected chi connectivity index (χ3v) is 5.84. The van der Waals surface area contributed by atoms with Crippen molar-refractivity contribution in [1.82, 2.24) is 5.32 Å². The number of nitrogens with one attached hydrogen (secondary N) is 1. The molecule has 2 nitrogen and oxygen atoms in total. The van der Waals surface area contributed by atoms with E-state index in [2.05, 4.69) is 28.7 Å². The molecule has 1 heterocycles. The van der Waals surface area contributed by atoms with Crippen molar-refractivity contribution in [3.63, 3.8) is 0 Å². The number of allylic oxidation sites excluding steroid dienone is 1. The highest BCUT2D eigenvalue weighted by atomic mass is 127. The molecule has 0 spiro atoms. The van der Waals surface area contributed by atoms with Crippen molar-refractivity contribution < 1.29 is 8.78 Å². The first-order chi connectivity index (χ1) is 9.42. The highest BCUT2D eigenvalue weighted by Gasteiger charge is 2.34. The summed E-state index contributed by atoms with van der Waals surface area (Å²) in [6, 6.07) is 0.358. The molecular weight excluding hydrogens is 373 g/mol. The average molecular weight is 396 g/mol. The lowest BCUT2D eigenvalue weighted by Gasteiger charge is -2.34. The third-order valence-electron chi connectivity index (χ3n) is 4.26. The van der Waals surface area contributed by atoms with Crippen LogP contribution in [0, 0.1) is 11.8 Å². The highest BCUT2D eigenvalue weighted by molar-refractivity contribution is 14.2. The molecule has 2 aliphatic rings. The Morgan fingerprint density at radius 2 is 2.15 bits per heavy atom. The number of nitrogens with zero attached hydrogens (tertiary/aromatic N) is 1. The number of halogens is 3. The van der Waals surface area contributed by atoms with Crippen molar-refractivity contribution in [2.75, 3.05) is 0 Å². The maximum atomic E-state index is 13.7. The number of rotatable bonds is 4. The standard InChI is InChI=1S/C15H23F2IN2/c1-10-7-8-11(2)12(9-10)19-14-6-4-5-13(20-14)15(16,17)18-3/h6,10-12,19H,3-5,7-9H2,1-2H3. The largest absolute Gasteiger partial charge is 0.367 e. The van der Waals surface area contributed by atoms with Gasteiger partial charge in [0, 0.05) is 6.04 Å². The molecule has 1 aliphatic carbocycles. The Labute approximate surface area is 129 Å². The van der Waals surface area contributed by atoms with E-state index >= 15 is 0 Å². The van der Waals surface area contributed by atoms with Gasteiger partial charge in [-0.3, -0.25) is 0 Å². The monoisotopic (exact) mass is 396 g/mol. The molecule has 2 rings (SSSR count). The van der Waals surface area contributed by atoms with E-state index in [1.807, 2.05) is 6.08 Å². The summed E-state index contributed by atoms with van der Waals surface area (Å²) in [6.45, 7) is 4.49. The maximum absolute atomic E-state index is 13.7. The molecule has 0 radical (unpaired) electrons. The molecule has 20 heavy (non-hydrogen) atoms. The SMILES string of the molecule is C=IC(F)(F)C1=NC(NC2CC(C)CCC2C)=CCC1. The van der Waals surface area contributed by atoms with E-state index in [4.69, 9.17) is 0 Å². The summed E-state index contributed by atoms with van der Waals surface area (Å²) in [7, 11) is 0. The summed E-state index contributed by atoms with van der Waals surface area (Å²) in [6.07, 6.45) is 6.52. The van der Waals surface area contributed by atoms with Crippen molar-refractivity contribution in [1.29, 1.82) is 0 Å². The molecule has 0 saturated heterocycles. The molecule has 1 N–H and O–H groups in total. The first-order valence-electron chi connectivity index (χ1n) is 7.24. The molecule has 1 fully saturated rings. The van der Waals surface area contributed by atoms with Crippen LogP contribution in [0.2, 0.25) is 0 Å². The van der Waals surface area contributed by atoms with Crippen LogP contribution < -0.4 is 5.32 Å². The molecule has 1 aliphatic heterocycles. The molecule has 0 bridgehead atoms. The minimum Gasteiger partial charge on any atom is -0.367 e. The quantitative estimate of drug-likeness (QED) is 0.550. The van der Waals surface area contributed by atoms with E-state index < -0.39 is 24.7 Å². The molecule has 114 valence electrons. The van der Waals surface area contributed by atoms with Gasteiger partial charge >= 0.3 is 3.93 Å². The third kappa shape index (κ3) is 3.86. The molecule has 3 unspecified atom stereocenters. The van der Waals surface area contributed by atoms with E-state index in [0.29, 0.717) is 36.5 Å². The van der Waals surface area contributed by atoms with Gasteiger partial charge in [0.25, 0.3) is 0 Å². The first kappa shape index (κ1) is 16.0. The van der Waals surface area contributed by atoms with E-state index in [1.165, 1.54) is 12.8 Å². The van der Waals surface area contributed by atoms with Crippen LogP contribution in [0.4, 0.5) is 8.78 Å². The number of hydrogen-bond donors (Lipinski definition) is 1. The zero-order valence-electron chi connectivity index (χ0n) is 12.1. The smallest absolute Gasteiger partial charge is 0.328 e. The lowest BCUT2D eigenvalue weighted by molar-refractivity contribution is 0.201. The molecule has 0 aromatic rings. The minimum absolute atomic E-state index is 0.0295. The topological polar surface area (TPSA) is 24.4 Å². The van der Waals surface area contributed by atoms with Crippen LogP contribution in [0.1, 0.15) is 46.0 Å². The van der Waals surface area contributed by atoms with Gasteiger partial charge < -0.3 is 5.32 Å². The second-order valence-corrected chi connectivity index (χ2v) is 8.08. The Hall–Kier alpha value is -0.330. The van der Waals surface area contributed by atoms with Gasteiger partial charge in [0.2, 0.25) is 0 Å². The summed E-state index contributed by atoms with van der Waals surface area (Å²) in [4.78, 5) is 4.18. The van der Waals surface area contributed by atoms with Gasteiger partial charge in [-0.05, 0) is 64.3 Å². The number of aliphatic imine (C=N–C) groups is 1. The van der Waals surface area contributed by atoms with Gasteiger partial charge in [0.15, 0.2) is 0 Å². The number of hydrogen-bond acceptors (Lipinski definition) is 2. The van der Waals surface area contributed by atoms with Gasteiger partial charge in [-0.15, -0.1) is 0 Å². The van der Waals surface area contributed by atoms with Crippen molar-refractivity contribution in [3.8, 4) is 0 Å². The van der Waals surface area contributed by atoms with Gasteiger partial charge in [-0.25, -0.2) is 4.99 Å². The van der Waals surface area contributed by atoms with E-state index in [9.17, 15) is 8.78 Å². The zero-order valence-corrected chi connectivity index (χ0v) is 14.3. The fourth-order valence-electron chi connectivity index (χ4n) is 2.89. The van der Waals surface area contributed by atoms with E-state index in [1.54, 1.807) is 0 Å². The molecule has 1 saturated carbocycles. The Morgan fingerprint density at radius 1 is 1.40 bits per heavy atom. The lowest BCUT2D eigenvalue weighted by Crippen LogP contribution is -2.39. The first-order valence-corrected chi connectivity index (χ1v) is 9.85. The summed E-state index contributed by atoms with van der Waals surface area (Å²) >= 11 is -1.39. The van der Waals surface area contributed by atoms with Crippen molar-refractivity contribution in [3.05, 3.63) is 11.9 Å². The van der Waals surface area contributed by atoms with Crippen LogP contribution in [-0.2, 0) is 0 Å². The average Bonchev–Trinajstić information content (AvgIpc) is 2.43. The molecule has 0 aromatic heterocycles. The molecule has 3 atom stereocenters. The molecule has 5 heteroatoms. The van der Waals surface area contributed by atoms with E-state index in [-0.39, 0.29) is 5.71 Å². The maximum Gasteiger partial charge on any atom is 0.328 e. The van der Waals surface area contributed by atoms with Crippen LogP contribution in [-0.4, -0.2) is 20.2 Å². The summed E-state index contributed by atoms with van der Waals surface area (Å²) < 4.78 is 28.1. The van der Waals surface area contributed by atoms with Gasteiger partial charge in [0.1, 0.15) is 5.82 Å². The highest BCUT2D eigenvalue weighted by Crippen LogP contribution is 2.34. The van der Waals surface area contributed by atoms with Gasteiger partial charge in [-0.1, -0.05) is 24.8 Å². The van der Waals surface area contributed by atoms with Crippen LogP contribution in [0.5, 0.6) is 0 Å². The van der Waals surface area contributed by atoms with Crippen LogP contribution >= 0.6 is 20.7 Å².